The number of rotatable bonds is 7. The van der Waals surface area contributed by atoms with Gasteiger partial charge in [0.2, 0.25) is 0 Å². The lowest BCUT2D eigenvalue weighted by Crippen LogP contribution is -1.98. The molecule has 0 aliphatic heterocycles. The van der Waals surface area contributed by atoms with E-state index in [1.54, 1.807) is 48.5 Å². The highest BCUT2D eigenvalue weighted by Gasteiger charge is 2.10. The number of hydrogen-bond acceptors (Lipinski definition) is 5. The van der Waals surface area contributed by atoms with Crippen LogP contribution in [0.5, 0.6) is 11.5 Å². The van der Waals surface area contributed by atoms with E-state index in [1.165, 1.54) is 19.2 Å². The number of allylic oxidation sites excluding steroid dienone is 1. The molecule has 0 fully saturated rings. The van der Waals surface area contributed by atoms with Gasteiger partial charge in [0.05, 0.1) is 33.7 Å². The van der Waals surface area contributed by atoms with Gasteiger partial charge in [-0.1, -0.05) is 35.3 Å². The first-order valence-corrected chi connectivity index (χ1v) is 9.78. The van der Waals surface area contributed by atoms with E-state index < -0.39 is 4.92 Å². The van der Waals surface area contributed by atoms with E-state index in [-0.39, 0.29) is 12.3 Å². The predicted octanol–water partition coefficient (Wildman–Crippen LogP) is 6.55. The van der Waals surface area contributed by atoms with Gasteiger partial charge in [0.25, 0.3) is 5.69 Å². The van der Waals surface area contributed by atoms with Gasteiger partial charge < -0.3 is 9.47 Å². The molecule has 0 heterocycles. The molecule has 0 unspecified atom stereocenters. The predicted molar refractivity (Wildman–Crippen MR) is 120 cm³/mol. The zero-order chi connectivity index (χ0) is 22.4. The van der Waals surface area contributed by atoms with Crippen molar-refractivity contribution in [1.29, 1.82) is 5.26 Å². The zero-order valence-electron chi connectivity index (χ0n) is 16.3. The minimum absolute atomic E-state index is 0.0359. The van der Waals surface area contributed by atoms with Crippen LogP contribution in [0.25, 0.3) is 11.6 Å². The van der Waals surface area contributed by atoms with Gasteiger partial charge in [0.15, 0.2) is 11.5 Å². The second-order valence-electron chi connectivity index (χ2n) is 6.42. The van der Waals surface area contributed by atoms with E-state index in [0.717, 1.165) is 5.56 Å². The number of nitriles is 1. The third-order valence-electron chi connectivity index (χ3n) is 4.39. The van der Waals surface area contributed by atoms with Crippen LogP contribution in [0.15, 0.2) is 60.7 Å². The van der Waals surface area contributed by atoms with Crippen LogP contribution in [-0.2, 0) is 6.61 Å². The summed E-state index contributed by atoms with van der Waals surface area (Å²) in [5.74, 6) is 1.02. The highest BCUT2D eigenvalue weighted by molar-refractivity contribution is 6.42. The maximum absolute atomic E-state index is 10.8. The fourth-order valence-corrected chi connectivity index (χ4v) is 3.11. The number of halogens is 2. The van der Waals surface area contributed by atoms with Crippen molar-refractivity contribution in [3.8, 4) is 17.6 Å². The Labute approximate surface area is 189 Å². The van der Waals surface area contributed by atoms with Crippen LogP contribution in [0.4, 0.5) is 5.69 Å². The van der Waals surface area contributed by atoms with Crippen molar-refractivity contribution in [1.82, 2.24) is 0 Å². The van der Waals surface area contributed by atoms with E-state index in [9.17, 15) is 15.4 Å². The monoisotopic (exact) mass is 454 g/mol. The van der Waals surface area contributed by atoms with Crippen LogP contribution in [-0.4, -0.2) is 12.0 Å². The van der Waals surface area contributed by atoms with Crippen LogP contribution in [0.2, 0.25) is 10.0 Å². The molecule has 3 aromatic carbocycles. The molecule has 156 valence electrons. The van der Waals surface area contributed by atoms with Crippen molar-refractivity contribution in [3.05, 3.63) is 97.5 Å². The van der Waals surface area contributed by atoms with Gasteiger partial charge in [-0.25, -0.2) is 0 Å². The van der Waals surface area contributed by atoms with E-state index >= 15 is 0 Å². The van der Waals surface area contributed by atoms with Crippen molar-refractivity contribution in [3.63, 3.8) is 0 Å². The number of methoxy groups -OCH3 is 1. The Kier molecular flexibility index (Phi) is 7.14. The van der Waals surface area contributed by atoms with Crippen LogP contribution in [0.3, 0.4) is 0 Å². The molecule has 0 bridgehead atoms. The molecule has 0 saturated carbocycles. The molecule has 0 aliphatic rings. The molecule has 31 heavy (non-hydrogen) atoms. The topological polar surface area (TPSA) is 85.4 Å². The Morgan fingerprint density at radius 1 is 1.06 bits per heavy atom. The Hall–Kier alpha value is -3.53. The summed E-state index contributed by atoms with van der Waals surface area (Å²) in [6, 6.07) is 18.5. The summed E-state index contributed by atoms with van der Waals surface area (Å²) in [5.41, 5.74) is 2.47. The van der Waals surface area contributed by atoms with Crippen molar-refractivity contribution in [2.45, 2.75) is 6.61 Å². The molecule has 8 heteroatoms. The number of hydrogen-bond donors (Lipinski definition) is 0. The van der Waals surface area contributed by atoms with E-state index in [1.807, 2.05) is 6.07 Å². The normalized spacial score (nSPS) is 11.0. The first-order valence-electron chi connectivity index (χ1n) is 9.02. The Morgan fingerprint density at radius 2 is 1.81 bits per heavy atom. The number of ether oxygens (including phenoxy) is 2. The first-order chi connectivity index (χ1) is 14.9. The molecule has 0 amide bonds. The molecule has 6 nitrogen and oxygen atoms in total. The summed E-state index contributed by atoms with van der Waals surface area (Å²) in [6.07, 6.45) is 1.67. The Morgan fingerprint density at radius 3 is 2.42 bits per heavy atom. The van der Waals surface area contributed by atoms with Gasteiger partial charge in [-0.15, -0.1) is 0 Å². The second kappa shape index (κ2) is 9.98. The molecule has 0 aliphatic carbocycles. The van der Waals surface area contributed by atoms with Crippen molar-refractivity contribution in [2.24, 2.45) is 0 Å². The molecule has 0 saturated heterocycles. The molecule has 3 rings (SSSR count). The largest absolute Gasteiger partial charge is 0.493 e. The lowest BCUT2D eigenvalue weighted by Gasteiger charge is -2.12. The zero-order valence-corrected chi connectivity index (χ0v) is 17.9. The first kappa shape index (κ1) is 22.2. The summed E-state index contributed by atoms with van der Waals surface area (Å²) in [6.45, 7) is 0.272. The number of benzene rings is 3. The third kappa shape index (κ3) is 5.54. The average Bonchev–Trinajstić information content (AvgIpc) is 2.78. The molecule has 0 aromatic heterocycles. The molecule has 0 N–H and O–H groups in total. The van der Waals surface area contributed by atoms with Crippen molar-refractivity contribution >= 4 is 40.5 Å². The van der Waals surface area contributed by atoms with Gasteiger partial charge in [0.1, 0.15) is 6.61 Å². The van der Waals surface area contributed by atoms with Gasteiger partial charge in [-0.3, -0.25) is 10.1 Å². The fourth-order valence-electron chi connectivity index (χ4n) is 2.79. The van der Waals surface area contributed by atoms with Crippen LogP contribution in [0.1, 0.15) is 16.7 Å². The SMILES string of the molecule is COc1cc(C=C(C#N)c2ccc([N+](=O)[O-])cc2)ccc1OCc1ccc(Cl)c(Cl)c1. The van der Waals surface area contributed by atoms with Crippen molar-refractivity contribution < 1.29 is 14.4 Å². The van der Waals surface area contributed by atoms with Crippen LogP contribution >= 0.6 is 23.2 Å². The van der Waals surface area contributed by atoms with E-state index in [0.29, 0.717) is 38.2 Å². The minimum atomic E-state index is -0.485. The number of non-ortho nitro benzene ring substituents is 1. The minimum Gasteiger partial charge on any atom is -0.493 e. The number of nitrogens with zero attached hydrogens (tertiary/aromatic N) is 2. The van der Waals surface area contributed by atoms with Crippen LogP contribution < -0.4 is 9.47 Å². The van der Waals surface area contributed by atoms with Crippen LogP contribution in [0, 0.1) is 21.4 Å². The lowest BCUT2D eigenvalue weighted by atomic mass is 10.0. The molecule has 0 atom stereocenters. The summed E-state index contributed by atoms with van der Waals surface area (Å²) < 4.78 is 11.3. The Balaban J connectivity index is 1.81. The van der Waals surface area contributed by atoms with Gasteiger partial charge in [-0.05, 0) is 59.2 Å². The second-order valence-corrected chi connectivity index (χ2v) is 7.24. The fraction of sp³-hybridized carbons (Fsp3) is 0.0870. The van der Waals surface area contributed by atoms with Crippen molar-refractivity contribution in [2.75, 3.05) is 7.11 Å². The third-order valence-corrected chi connectivity index (χ3v) is 5.13. The molecular weight excluding hydrogens is 439 g/mol. The number of nitro groups is 1. The number of nitro benzene ring substituents is 1. The molecule has 3 aromatic rings. The summed E-state index contributed by atoms with van der Waals surface area (Å²) in [7, 11) is 1.52. The Bertz CT molecular complexity index is 1190. The molecule has 0 spiro atoms. The average molecular weight is 455 g/mol. The van der Waals surface area contributed by atoms with E-state index in [2.05, 4.69) is 6.07 Å². The highest BCUT2D eigenvalue weighted by Crippen LogP contribution is 2.31. The summed E-state index contributed by atoms with van der Waals surface area (Å²) in [4.78, 5) is 10.3. The smallest absolute Gasteiger partial charge is 0.269 e. The lowest BCUT2D eigenvalue weighted by molar-refractivity contribution is -0.384. The highest BCUT2D eigenvalue weighted by atomic mass is 35.5. The molecular formula is C23H16Cl2N2O4. The molecule has 0 radical (unpaired) electrons. The van der Waals surface area contributed by atoms with Gasteiger partial charge in [0, 0.05) is 12.1 Å². The summed E-state index contributed by atoms with van der Waals surface area (Å²) >= 11 is 12.0. The summed E-state index contributed by atoms with van der Waals surface area (Å²) in [5, 5.41) is 21.3. The maximum Gasteiger partial charge on any atom is 0.269 e. The standard InChI is InChI=1S/C23H16Cl2N2O4/c1-30-23-12-15(10-18(13-26)17-4-6-19(7-5-17)27(28)29)3-9-22(23)31-14-16-2-8-20(24)21(25)11-16/h2-12H,14H2,1H3. The van der Waals surface area contributed by atoms with Gasteiger partial charge in [-0.2, -0.15) is 5.26 Å². The van der Waals surface area contributed by atoms with Gasteiger partial charge >= 0.3 is 0 Å². The maximum atomic E-state index is 10.8. The van der Waals surface area contributed by atoms with E-state index in [4.69, 9.17) is 32.7 Å². The quantitative estimate of drug-likeness (QED) is 0.174.